The van der Waals surface area contributed by atoms with Crippen molar-refractivity contribution in [3.63, 3.8) is 0 Å². The first-order chi connectivity index (χ1) is 13.7. The van der Waals surface area contributed by atoms with E-state index in [1.807, 2.05) is 49.5 Å². The highest BCUT2D eigenvalue weighted by molar-refractivity contribution is 7.98. The second kappa shape index (κ2) is 10.1. The fourth-order valence-electron chi connectivity index (χ4n) is 2.71. The van der Waals surface area contributed by atoms with Gasteiger partial charge >= 0.3 is 0 Å². The molecule has 0 spiro atoms. The molecule has 0 aliphatic heterocycles. The lowest BCUT2D eigenvalue weighted by molar-refractivity contribution is 0.0985. The van der Waals surface area contributed by atoms with Crippen LogP contribution in [-0.2, 0) is 9.84 Å². The summed E-state index contributed by atoms with van der Waals surface area (Å²) in [5.41, 5.74) is 1.27. The van der Waals surface area contributed by atoms with Crippen LogP contribution in [0.25, 0.3) is 10.2 Å². The van der Waals surface area contributed by atoms with Crippen molar-refractivity contribution in [1.82, 2.24) is 9.88 Å². The Balaban J connectivity index is 0.00000320. The first kappa shape index (κ1) is 24.6. The number of halogens is 1. The molecular formula is C20H24ClN3O3S3. The van der Waals surface area contributed by atoms with Gasteiger partial charge in [0.25, 0.3) is 5.91 Å². The number of rotatable bonds is 7. The Labute approximate surface area is 191 Å². The predicted octanol–water partition coefficient (Wildman–Crippen LogP) is 4.05. The van der Waals surface area contributed by atoms with Crippen LogP contribution < -0.4 is 4.90 Å². The van der Waals surface area contributed by atoms with E-state index < -0.39 is 9.84 Å². The second-order valence-corrected chi connectivity index (χ2v) is 10.8. The van der Waals surface area contributed by atoms with Crippen LogP contribution in [0, 0.1) is 0 Å². The number of fused-ring (bicyclic) bond motifs is 1. The molecule has 2 aromatic carbocycles. The normalized spacial score (nSPS) is 11.5. The van der Waals surface area contributed by atoms with Gasteiger partial charge < -0.3 is 4.90 Å². The van der Waals surface area contributed by atoms with E-state index in [9.17, 15) is 13.2 Å². The van der Waals surface area contributed by atoms with Crippen molar-refractivity contribution in [2.45, 2.75) is 9.79 Å². The van der Waals surface area contributed by atoms with Gasteiger partial charge in [0.05, 0.1) is 15.1 Å². The number of sulfone groups is 1. The molecule has 1 heterocycles. The van der Waals surface area contributed by atoms with E-state index in [1.165, 1.54) is 17.6 Å². The van der Waals surface area contributed by atoms with Gasteiger partial charge in [0.2, 0.25) is 0 Å². The van der Waals surface area contributed by atoms with E-state index >= 15 is 0 Å². The lowest BCUT2D eigenvalue weighted by Crippen LogP contribution is -2.36. The average Bonchev–Trinajstić information content (AvgIpc) is 3.10. The molecule has 0 aliphatic carbocycles. The zero-order chi connectivity index (χ0) is 21.2. The van der Waals surface area contributed by atoms with Gasteiger partial charge in [-0.2, -0.15) is 0 Å². The molecule has 0 bridgehead atoms. The Bertz CT molecular complexity index is 1130. The SMILES string of the molecule is CSc1ccc(C(=O)N(CCN(C)C)c2nc3ccc(S(C)(=O)=O)cc3s2)cc1.Cl. The predicted molar refractivity (Wildman–Crippen MR) is 128 cm³/mol. The molecule has 0 unspecified atom stereocenters. The number of hydrogen-bond donors (Lipinski definition) is 0. The Morgan fingerprint density at radius 3 is 2.33 bits per heavy atom. The third kappa shape index (κ3) is 5.73. The molecule has 162 valence electrons. The van der Waals surface area contributed by atoms with Gasteiger partial charge in [-0.1, -0.05) is 11.3 Å². The summed E-state index contributed by atoms with van der Waals surface area (Å²) in [7, 11) is 0.599. The second-order valence-electron chi connectivity index (χ2n) is 6.89. The minimum absolute atomic E-state index is 0. The Morgan fingerprint density at radius 2 is 1.77 bits per heavy atom. The molecule has 0 fully saturated rings. The molecule has 0 N–H and O–H groups in total. The number of carbonyl (C=O) groups is 1. The van der Waals surface area contributed by atoms with Crippen molar-refractivity contribution in [3.05, 3.63) is 48.0 Å². The number of anilines is 1. The van der Waals surface area contributed by atoms with Gasteiger partial charge in [-0.15, -0.1) is 24.2 Å². The lowest BCUT2D eigenvalue weighted by Gasteiger charge is -2.22. The molecule has 6 nitrogen and oxygen atoms in total. The van der Waals surface area contributed by atoms with Gasteiger partial charge in [-0.3, -0.25) is 9.69 Å². The topological polar surface area (TPSA) is 70.6 Å². The van der Waals surface area contributed by atoms with Crippen LogP contribution in [0.15, 0.2) is 52.3 Å². The van der Waals surface area contributed by atoms with Crippen LogP contribution in [-0.4, -0.2) is 63.9 Å². The molecule has 10 heteroatoms. The van der Waals surface area contributed by atoms with Crippen molar-refractivity contribution in [1.29, 1.82) is 0 Å². The number of thiazole rings is 1. The number of carbonyl (C=O) groups excluding carboxylic acids is 1. The van der Waals surface area contributed by atoms with Crippen LogP contribution in [0.4, 0.5) is 5.13 Å². The third-order valence-corrected chi connectivity index (χ3v) is 7.26. The quantitative estimate of drug-likeness (QED) is 0.470. The minimum atomic E-state index is -3.30. The molecular weight excluding hydrogens is 462 g/mol. The molecule has 3 aromatic rings. The standard InChI is InChI=1S/C20H23N3O3S3.ClH/c1-22(2)11-12-23(19(24)14-5-7-15(27-3)8-6-14)20-21-17-10-9-16(29(4,25)26)13-18(17)28-20;/h5-10,13H,11-12H2,1-4H3;1H. The van der Waals surface area contributed by atoms with Crippen LogP contribution in [0.3, 0.4) is 0 Å². The molecule has 1 amide bonds. The molecule has 0 aliphatic rings. The minimum Gasteiger partial charge on any atom is -0.308 e. The zero-order valence-corrected chi connectivity index (χ0v) is 20.4. The number of thioether (sulfide) groups is 1. The van der Waals surface area contributed by atoms with Crippen LogP contribution in [0.1, 0.15) is 10.4 Å². The Morgan fingerprint density at radius 1 is 1.10 bits per heavy atom. The van der Waals surface area contributed by atoms with Gasteiger partial charge in [-0.25, -0.2) is 13.4 Å². The van der Waals surface area contributed by atoms with Crippen molar-refractivity contribution in [2.24, 2.45) is 0 Å². The monoisotopic (exact) mass is 485 g/mol. The van der Waals surface area contributed by atoms with Gasteiger partial charge in [0, 0.05) is 29.8 Å². The van der Waals surface area contributed by atoms with Crippen molar-refractivity contribution in [3.8, 4) is 0 Å². The maximum absolute atomic E-state index is 13.2. The Kier molecular flexibility index (Phi) is 8.29. The largest absolute Gasteiger partial charge is 0.308 e. The van der Waals surface area contributed by atoms with Crippen LogP contribution >= 0.6 is 35.5 Å². The number of benzene rings is 2. The summed E-state index contributed by atoms with van der Waals surface area (Å²) < 4.78 is 24.4. The lowest BCUT2D eigenvalue weighted by atomic mass is 10.2. The zero-order valence-electron chi connectivity index (χ0n) is 17.2. The number of aromatic nitrogens is 1. The summed E-state index contributed by atoms with van der Waals surface area (Å²) in [5.74, 6) is -0.123. The molecule has 1 aromatic heterocycles. The van der Waals surface area contributed by atoms with E-state index in [1.54, 1.807) is 34.9 Å². The molecule has 0 radical (unpaired) electrons. The summed E-state index contributed by atoms with van der Waals surface area (Å²) in [4.78, 5) is 22.8. The molecule has 30 heavy (non-hydrogen) atoms. The van der Waals surface area contributed by atoms with E-state index in [0.717, 1.165) is 9.60 Å². The summed E-state index contributed by atoms with van der Waals surface area (Å²) in [6, 6.07) is 12.4. The highest BCUT2D eigenvalue weighted by Crippen LogP contribution is 2.31. The average molecular weight is 486 g/mol. The van der Waals surface area contributed by atoms with Crippen molar-refractivity contribution < 1.29 is 13.2 Å². The highest BCUT2D eigenvalue weighted by atomic mass is 35.5. The summed E-state index contributed by atoms with van der Waals surface area (Å²) in [5, 5.41) is 0.562. The summed E-state index contributed by atoms with van der Waals surface area (Å²) in [6.45, 7) is 1.16. The van der Waals surface area contributed by atoms with Gasteiger partial charge in [0.15, 0.2) is 15.0 Å². The van der Waals surface area contributed by atoms with Gasteiger partial charge in [-0.05, 0) is 62.8 Å². The fraction of sp³-hybridized carbons (Fsp3) is 0.300. The van der Waals surface area contributed by atoms with E-state index in [4.69, 9.17) is 0 Å². The maximum Gasteiger partial charge on any atom is 0.260 e. The summed E-state index contributed by atoms with van der Waals surface area (Å²) in [6.07, 6.45) is 3.17. The number of hydrogen-bond acceptors (Lipinski definition) is 7. The Hall–Kier alpha value is -1.65. The fourth-order valence-corrected chi connectivity index (χ4v) is 4.87. The van der Waals surface area contributed by atoms with Crippen LogP contribution in [0.5, 0.6) is 0 Å². The number of nitrogens with zero attached hydrogens (tertiary/aromatic N) is 3. The van der Waals surface area contributed by atoms with E-state index in [2.05, 4.69) is 4.98 Å². The van der Waals surface area contributed by atoms with E-state index in [0.29, 0.717) is 29.3 Å². The maximum atomic E-state index is 13.2. The smallest absolute Gasteiger partial charge is 0.260 e. The van der Waals surface area contributed by atoms with Crippen molar-refractivity contribution >= 4 is 66.6 Å². The number of amides is 1. The first-order valence-corrected chi connectivity index (χ1v) is 12.8. The first-order valence-electron chi connectivity index (χ1n) is 8.90. The van der Waals surface area contributed by atoms with Crippen molar-refractivity contribution in [2.75, 3.05) is 44.6 Å². The molecule has 3 rings (SSSR count). The molecule has 0 atom stereocenters. The summed E-state index contributed by atoms with van der Waals surface area (Å²) >= 11 is 2.95. The van der Waals surface area contributed by atoms with Crippen LogP contribution in [0.2, 0.25) is 0 Å². The molecule has 0 saturated heterocycles. The van der Waals surface area contributed by atoms with Gasteiger partial charge in [0.1, 0.15) is 0 Å². The number of likely N-dealkylation sites (N-methyl/N-ethyl adjacent to an activating group) is 1. The third-order valence-electron chi connectivity index (χ3n) is 4.36. The molecule has 0 saturated carbocycles. The highest BCUT2D eigenvalue weighted by Gasteiger charge is 2.22. The van der Waals surface area contributed by atoms with E-state index in [-0.39, 0.29) is 23.2 Å².